The highest BCUT2D eigenvalue weighted by molar-refractivity contribution is 14.1. The summed E-state index contributed by atoms with van der Waals surface area (Å²) < 4.78 is -0.0147. The van der Waals surface area contributed by atoms with Crippen molar-refractivity contribution >= 4 is 58.0 Å². The molecule has 1 amide bonds. The van der Waals surface area contributed by atoms with Gasteiger partial charge in [-0.2, -0.15) is 0 Å². The molecule has 1 fully saturated rings. The number of pyridine rings is 1. The van der Waals surface area contributed by atoms with Crippen molar-refractivity contribution in [2.75, 3.05) is 11.9 Å². The van der Waals surface area contributed by atoms with E-state index in [0.29, 0.717) is 28.5 Å². The number of hydrogen-bond donors (Lipinski definition) is 2. The lowest BCUT2D eigenvalue weighted by molar-refractivity contribution is -0.131. The van der Waals surface area contributed by atoms with Gasteiger partial charge in [-0.3, -0.25) is 4.79 Å². The van der Waals surface area contributed by atoms with Crippen molar-refractivity contribution in [3.63, 3.8) is 0 Å². The first-order valence-electron chi connectivity index (χ1n) is 8.28. The Hall–Kier alpha value is -2.13. The number of anilines is 1. The van der Waals surface area contributed by atoms with Gasteiger partial charge >= 0.3 is 5.97 Å². The fourth-order valence-electron chi connectivity index (χ4n) is 2.82. The smallest absolute Gasteiger partial charge is 0.328 e. The zero-order chi connectivity index (χ0) is 19.4. The average Bonchev–Trinajstić information content (AvgIpc) is 3.01. The van der Waals surface area contributed by atoms with Crippen molar-refractivity contribution in [2.45, 2.75) is 16.5 Å². The molecule has 2 aromatic rings. The van der Waals surface area contributed by atoms with Crippen molar-refractivity contribution in [3.05, 3.63) is 64.8 Å². The van der Waals surface area contributed by atoms with Crippen LogP contribution in [0.5, 0.6) is 0 Å². The predicted molar refractivity (Wildman–Crippen MR) is 113 cm³/mol. The van der Waals surface area contributed by atoms with Crippen LogP contribution in [-0.2, 0) is 4.79 Å². The molecule has 3 rings (SSSR count). The highest BCUT2D eigenvalue weighted by Gasteiger charge is 2.35. The van der Waals surface area contributed by atoms with E-state index in [9.17, 15) is 9.59 Å². The summed E-state index contributed by atoms with van der Waals surface area (Å²) in [5, 5.41) is 12.6. The fraction of sp³-hybridized carbons (Fsp3) is 0.211. The van der Waals surface area contributed by atoms with E-state index in [2.05, 4.69) is 32.9 Å². The first-order chi connectivity index (χ1) is 12.9. The van der Waals surface area contributed by atoms with Gasteiger partial charge in [-0.1, -0.05) is 34.2 Å². The molecule has 0 aliphatic carbocycles. The maximum atomic E-state index is 12.7. The monoisotopic (exact) mass is 497 g/mol. The summed E-state index contributed by atoms with van der Waals surface area (Å²) >= 11 is 8.16. The van der Waals surface area contributed by atoms with Gasteiger partial charge in [0.15, 0.2) is 0 Å². The summed E-state index contributed by atoms with van der Waals surface area (Å²) in [7, 11) is 0. The van der Waals surface area contributed by atoms with E-state index in [1.54, 1.807) is 42.6 Å². The number of carbonyl (C=O) groups excluding carboxylic acids is 1. The van der Waals surface area contributed by atoms with Gasteiger partial charge in [0.05, 0.1) is 6.04 Å². The Morgan fingerprint density at radius 2 is 2.00 bits per heavy atom. The van der Waals surface area contributed by atoms with Gasteiger partial charge in [0, 0.05) is 29.4 Å². The third kappa shape index (κ3) is 4.98. The van der Waals surface area contributed by atoms with Crippen LogP contribution in [0.1, 0.15) is 22.3 Å². The van der Waals surface area contributed by atoms with Crippen LogP contribution in [0.4, 0.5) is 5.82 Å². The molecule has 8 heteroatoms. The van der Waals surface area contributed by atoms with Crippen LogP contribution >= 0.6 is 34.2 Å². The summed E-state index contributed by atoms with van der Waals surface area (Å²) in [4.78, 5) is 29.4. The van der Waals surface area contributed by atoms with Crippen LogP contribution in [0.2, 0.25) is 5.02 Å². The molecule has 1 aliphatic heterocycles. The van der Waals surface area contributed by atoms with Gasteiger partial charge in [0.25, 0.3) is 5.91 Å². The molecule has 2 heterocycles. The quantitative estimate of drug-likeness (QED) is 0.283. The number of nitrogens with one attached hydrogen (secondary N) is 1. The minimum Gasteiger partial charge on any atom is -0.478 e. The number of alkyl halides is 1. The number of halogens is 2. The molecular weight excluding hydrogens is 481 g/mol. The van der Waals surface area contributed by atoms with E-state index in [1.807, 2.05) is 4.90 Å². The SMILES string of the molecule is O=C(O)C=Cc1ccc(N[C@@H]2CCN(C(=O)c3ccc(Cl)cc3)C2I)nc1. The lowest BCUT2D eigenvalue weighted by Gasteiger charge is -2.24. The minimum absolute atomic E-state index is 0.0147. The second-order valence-electron chi connectivity index (χ2n) is 6.07. The molecule has 0 spiro atoms. The Labute approximate surface area is 175 Å². The van der Waals surface area contributed by atoms with Crippen LogP contribution in [-0.4, -0.2) is 43.5 Å². The van der Waals surface area contributed by atoms with E-state index in [-0.39, 0.29) is 16.0 Å². The third-order valence-electron chi connectivity index (χ3n) is 4.20. The van der Waals surface area contributed by atoms with Crippen molar-refractivity contribution in [2.24, 2.45) is 0 Å². The molecule has 1 aromatic heterocycles. The number of amides is 1. The van der Waals surface area contributed by atoms with Gasteiger partial charge in [-0.15, -0.1) is 0 Å². The molecule has 2 N–H and O–H groups in total. The summed E-state index contributed by atoms with van der Waals surface area (Å²) in [6.45, 7) is 0.659. The maximum Gasteiger partial charge on any atom is 0.328 e. The van der Waals surface area contributed by atoms with Gasteiger partial charge in [-0.25, -0.2) is 9.78 Å². The summed E-state index contributed by atoms with van der Waals surface area (Å²) in [6.07, 6.45) is 4.98. The second kappa shape index (κ2) is 8.71. The van der Waals surface area contributed by atoms with E-state index in [0.717, 1.165) is 12.5 Å². The molecule has 27 heavy (non-hydrogen) atoms. The number of aromatic nitrogens is 1. The number of carbonyl (C=O) groups is 2. The first kappa shape index (κ1) is 19.6. The highest BCUT2D eigenvalue weighted by Crippen LogP contribution is 2.28. The largest absolute Gasteiger partial charge is 0.478 e. The topological polar surface area (TPSA) is 82.5 Å². The van der Waals surface area contributed by atoms with Crippen LogP contribution in [0.25, 0.3) is 6.08 Å². The number of hydrogen-bond acceptors (Lipinski definition) is 4. The van der Waals surface area contributed by atoms with E-state index in [1.165, 1.54) is 6.08 Å². The van der Waals surface area contributed by atoms with Gasteiger partial charge in [-0.05, 0) is 54.5 Å². The summed E-state index contributed by atoms with van der Waals surface area (Å²) in [5.74, 6) is -0.325. The minimum atomic E-state index is -0.999. The summed E-state index contributed by atoms with van der Waals surface area (Å²) in [5.41, 5.74) is 1.33. The number of nitrogens with zero attached hydrogens (tertiary/aromatic N) is 2. The second-order valence-corrected chi connectivity index (χ2v) is 7.78. The first-order valence-corrected chi connectivity index (χ1v) is 9.90. The number of benzene rings is 1. The van der Waals surface area contributed by atoms with E-state index < -0.39 is 5.97 Å². The van der Waals surface area contributed by atoms with Crippen LogP contribution in [0.3, 0.4) is 0 Å². The Morgan fingerprint density at radius 1 is 1.26 bits per heavy atom. The molecule has 2 atom stereocenters. The Morgan fingerprint density at radius 3 is 2.63 bits per heavy atom. The van der Waals surface area contributed by atoms with Crippen molar-refractivity contribution in [1.82, 2.24) is 9.88 Å². The van der Waals surface area contributed by atoms with Gasteiger partial charge in [0.2, 0.25) is 0 Å². The van der Waals surface area contributed by atoms with Gasteiger partial charge < -0.3 is 15.3 Å². The molecule has 1 aromatic carbocycles. The fourth-order valence-corrected chi connectivity index (χ4v) is 4.01. The number of aliphatic carboxylic acids is 1. The molecule has 0 bridgehead atoms. The zero-order valence-electron chi connectivity index (χ0n) is 14.2. The third-order valence-corrected chi connectivity index (χ3v) is 5.99. The van der Waals surface area contributed by atoms with Crippen LogP contribution in [0.15, 0.2) is 48.7 Å². The standard InChI is InChI=1S/C19H17ClIN3O3/c20-14-5-3-13(4-6-14)19(27)24-10-9-15(18(24)21)23-16-7-1-12(11-22-16)2-8-17(25)26/h1-8,11,15,18H,9-10H2,(H,22,23)(H,25,26)/t15-,18?/m1/s1. The zero-order valence-corrected chi connectivity index (χ0v) is 17.1. The molecular formula is C19H17ClIN3O3. The predicted octanol–water partition coefficient (Wildman–Crippen LogP) is 3.92. The number of carboxylic acid groups (broad SMARTS) is 1. The van der Waals surface area contributed by atoms with Crippen molar-refractivity contribution < 1.29 is 14.7 Å². The molecule has 140 valence electrons. The summed E-state index contributed by atoms with van der Waals surface area (Å²) in [6, 6.07) is 10.6. The molecule has 0 radical (unpaired) electrons. The normalized spacial score (nSPS) is 19.4. The average molecular weight is 498 g/mol. The lowest BCUT2D eigenvalue weighted by atomic mass is 10.2. The van der Waals surface area contributed by atoms with Crippen LogP contribution in [0, 0.1) is 0 Å². The highest BCUT2D eigenvalue weighted by atomic mass is 127. The Balaban J connectivity index is 1.63. The molecule has 1 saturated heterocycles. The van der Waals surface area contributed by atoms with E-state index >= 15 is 0 Å². The molecule has 6 nitrogen and oxygen atoms in total. The van der Waals surface area contributed by atoms with Crippen molar-refractivity contribution in [3.8, 4) is 0 Å². The van der Waals surface area contributed by atoms with Gasteiger partial charge in [0.1, 0.15) is 9.87 Å². The van der Waals surface area contributed by atoms with Crippen molar-refractivity contribution in [1.29, 1.82) is 0 Å². The van der Waals surface area contributed by atoms with E-state index in [4.69, 9.17) is 16.7 Å². The molecule has 1 unspecified atom stereocenters. The Kier molecular flexibility index (Phi) is 6.33. The molecule has 1 aliphatic rings. The number of rotatable bonds is 5. The Bertz CT molecular complexity index is 856. The lowest BCUT2D eigenvalue weighted by Crippen LogP contribution is -2.37. The molecule has 0 saturated carbocycles. The van der Waals surface area contributed by atoms with Crippen LogP contribution < -0.4 is 5.32 Å². The maximum absolute atomic E-state index is 12.7. The number of likely N-dealkylation sites (tertiary alicyclic amines) is 1. The number of carboxylic acids is 1.